The van der Waals surface area contributed by atoms with Crippen molar-refractivity contribution in [1.82, 2.24) is 15.4 Å². The van der Waals surface area contributed by atoms with E-state index >= 15 is 0 Å². The molecule has 2 N–H and O–H groups in total. The van der Waals surface area contributed by atoms with Gasteiger partial charge in [-0.2, -0.15) is 0 Å². The van der Waals surface area contributed by atoms with Crippen molar-refractivity contribution in [2.75, 3.05) is 11.9 Å². The van der Waals surface area contributed by atoms with Crippen LogP contribution in [0.1, 0.15) is 67.2 Å². The van der Waals surface area contributed by atoms with Crippen LogP contribution in [0.2, 0.25) is 0 Å². The van der Waals surface area contributed by atoms with E-state index in [-0.39, 0.29) is 17.7 Å². The zero-order chi connectivity index (χ0) is 24.6. The standard InChI is InChI=1S/C23H38N4O5S/c1-15(2)13-17(16(3)27(14-28)32-18-9-7-8-11-31-18)20(29)25-19(23(4,5)6)21(30)26-22-24-10-12-33-22/h10,12,14-19H,7-9,11,13H2,1-6H3,(H,25,29)(H,24,26,30)/t16-,17+,18?,19+/m0/s1. The summed E-state index contributed by atoms with van der Waals surface area (Å²) in [4.78, 5) is 48.2. The fourth-order valence-corrected chi connectivity index (χ4v) is 4.27. The van der Waals surface area contributed by atoms with Gasteiger partial charge in [0.2, 0.25) is 18.2 Å². The molecule has 10 heteroatoms. The van der Waals surface area contributed by atoms with E-state index in [0.717, 1.165) is 12.8 Å². The summed E-state index contributed by atoms with van der Waals surface area (Å²) < 4.78 is 5.59. The minimum absolute atomic E-state index is 0.194. The molecule has 3 amide bonds. The van der Waals surface area contributed by atoms with Crippen LogP contribution in [-0.2, 0) is 24.0 Å². The predicted octanol–water partition coefficient (Wildman–Crippen LogP) is 3.58. The van der Waals surface area contributed by atoms with Gasteiger partial charge >= 0.3 is 0 Å². The Morgan fingerprint density at radius 3 is 2.55 bits per heavy atom. The average molecular weight is 483 g/mol. The summed E-state index contributed by atoms with van der Waals surface area (Å²) in [6.07, 6.45) is 4.85. The maximum absolute atomic E-state index is 13.5. The lowest BCUT2D eigenvalue weighted by Gasteiger charge is -2.36. The van der Waals surface area contributed by atoms with E-state index in [2.05, 4.69) is 15.6 Å². The highest BCUT2D eigenvalue weighted by molar-refractivity contribution is 7.13. The average Bonchev–Trinajstić information content (AvgIpc) is 3.26. The maximum Gasteiger partial charge on any atom is 0.249 e. The van der Waals surface area contributed by atoms with Crippen molar-refractivity contribution in [2.24, 2.45) is 17.3 Å². The number of anilines is 1. The Hall–Kier alpha value is -2.04. The fourth-order valence-electron chi connectivity index (χ4n) is 3.74. The molecule has 1 unspecified atom stereocenters. The van der Waals surface area contributed by atoms with E-state index in [1.165, 1.54) is 16.4 Å². The number of hydroxylamine groups is 2. The first-order chi connectivity index (χ1) is 15.5. The van der Waals surface area contributed by atoms with E-state index < -0.39 is 29.7 Å². The summed E-state index contributed by atoms with van der Waals surface area (Å²) in [5, 5.41) is 9.14. The summed E-state index contributed by atoms with van der Waals surface area (Å²) in [6.45, 7) is 12.1. The van der Waals surface area contributed by atoms with Crippen molar-refractivity contribution in [3.8, 4) is 0 Å². The van der Waals surface area contributed by atoms with Gasteiger partial charge in [0.1, 0.15) is 6.04 Å². The zero-order valence-corrected chi connectivity index (χ0v) is 21.3. The van der Waals surface area contributed by atoms with Gasteiger partial charge in [-0.1, -0.05) is 34.6 Å². The second-order valence-electron chi connectivity index (χ2n) is 9.98. The summed E-state index contributed by atoms with van der Waals surface area (Å²) in [5.74, 6) is -1.01. The summed E-state index contributed by atoms with van der Waals surface area (Å²) in [6, 6.07) is -1.33. The Morgan fingerprint density at radius 2 is 2.03 bits per heavy atom. The molecule has 33 heavy (non-hydrogen) atoms. The Balaban J connectivity index is 2.16. The van der Waals surface area contributed by atoms with E-state index in [4.69, 9.17) is 9.57 Å². The van der Waals surface area contributed by atoms with Gasteiger partial charge in [0.05, 0.1) is 12.0 Å². The lowest BCUT2D eigenvalue weighted by molar-refractivity contribution is -0.287. The van der Waals surface area contributed by atoms with E-state index in [0.29, 0.717) is 31.0 Å². The third-order valence-corrected chi connectivity index (χ3v) is 6.29. The normalized spacial score (nSPS) is 19.4. The van der Waals surface area contributed by atoms with Gasteiger partial charge in [0.25, 0.3) is 0 Å². The largest absolute Gasteiger partial charge is 0.350 e. The molecule has 0 aromatic carbocycles. The molecule has 0 spiro atoms. The highest BCUT2D eigenvalue weighted by Gasteiger charge is 2.38. The minimum Gasteiger partial charge on any atom is -0.350 e. The van der Waals surface area contributed by atoms with Crippen LogP contribution >= 0.6 is 11.3 Å². The molecule has 9 nitrogen and oxygen atoms in total. The number of ether oxygens (including phenoxy) is 1. The molecule has 2 heterocycles. The van der Waals surface area contributed by atoms with Crippen LogP contribution in [0.4, 0.5) is 5.13 Å². The van der Waals surface area contributed by atoms with Crippen LogP contribution in [0, 0.1) is 17.3 Å². The van der Waals surface area contributed by atoms with Crippen LogP contribution in [0.25, 0.3) is 0 Å². The van der Waals surface area contributed by atoms with Gasteiger partial charge < -0.3 is 15.4 Å². The van der Waals surface area contributed by atoms with Crippen LogP contribution < -0.4 is 10.6 Å². The smallest absolute Gasteiger partial charge is 0.249 e. The lowest BCUT2D eigenvalue weighted by atomic mass is 9.84. The Morgan fingerprint density at radius 1 is 1.30 bits per heavy atom. The van der Waals surface area contributed by atoms with Crippen molar-refractivity contribution >= 4 is 34.7 Å². The fraction of sp³-hybridized carbons (Fsp3) is 0.739. The SMILES string of the molecule is CC(C)C[C@@H](C(=O)N[C@H](C(=O)Nc1nccs1)C(C)(C)C)[C@H](C)N(C=O)OC1CCCCO1. The second-order valence-corrected chi connectivity index (χ2v) is 10.9. The Labute approximate surface area is 200 Å². The van der Waals surface area contributed by atoms with Crippen LogP contribution in [0.5, 0.6) is 0 Å². The molecule has 1 aliphatic heterocycles. The number of aromatic nitrogens is 1. The number of thiazole rings is 1. The number of carbonyl (C=O) groups excluding carboxylic acids is 3. The molecule has 186 valence electrons. The minimum atomic E-state index is -0.789. The zero-order valence-electron chi connectivity index (χ0n) is 20.5. The van der Waals surface area contributed by atoms with Gasteiger partial charge in [-0.25, -0.2) is 14.9 Å². The molecule has 0 radical (unpaired) electrons. The molecule has 0 bridgehead atoms. The summed E-state index contributed by atoms with van der Waals surface area (Å²) in [7, 11) is 0. The summed E-state index contributed by atoms with van der Waals surface area (Å²) >= 11 is 1.31. The van der Waals surface area contributed by atoms with E-state index in [1.807, 2.05) is 34.6 Å². The molecular weight excluding hydrogens is 444 g/mol. The topological polar surface area (TPSA) is 110 Å². The van der Waals surface area contributed by atoms with Crippen LogP contribution in [0.3, 0.4) is 0 Å². The van der Waals surface area contributed by atoms with E-state index in [1.54, 1.807) is 18.5 Å². The molecular formula is C23H38N4O5S. The van der Waals surface area contributed by atoms with E-state index in [9.17, 15) is 14.4 Å². The maximum atomic E-state index is 13.5. The molecule has 1 saturated heterocycles. The molecule has 1 fully saturated rings. The predicted molar refractivity (Wildman–Crippen MR) is 127 cm³/mol. The first kappa shape index (κ1) is 27.2. The monoisotopic (exact) mass is 482 g/mol. The van der Waals surface area contributed by atoms with Crippen molar-refractivity contribution in [3.63, 3.8) is 0 Å². The molecule has 1 aromatic rings. The third kappa shape index (κ3) is 8.35. The highest BCUT2D eigenvalue weighted by Crippen LogP contribution is 2.26. The number of carbonyl (C=O) groups is 3. The molecule has 4 atom stereocenters. The number of amides is 3. The first-order valence-corrected chi connectivity index (χ1v) is 12.4. The number of nitrogens with one attached hydrogen (secondary N) is 2. The Kier molecular flexibility index (Phi) is 10.2. The second kappa shape index (κ2) is 12.4. The van der Waals surface area contributed by atoms with Crippen LogP contribution in [-0.4, -0.2) is 53.3 Å². The van der Waals surface area contributed by atoms with Gasteiger partial charge in [0, 0.05) is 24.6 Å². The lowest BCUT2D eigenvalue weighted by Crippen LogP contribution is -2.55. The van der Waals surface area contributed by atoms with Crippen molar-refractivity contribution in [3.05, 3.63) is 11.6 Å². The van der Waals surface area contributed by atoms with Crippen molar-refractivity contribution < 1.29 is 24.0 Å². The highest BCUT2D eigenvalue weighted by atomic mass is 32.1. The first-order valence-electron chi connectivity index (χ1n) is 11.6. The third-order valence-electron chi connectivity index (χ3n) is 5.60. The number of hydrogen-bond acceptors (Lipinski definition) is 7. The Bertz CT molecular complexity index is 759. The molecule has 1 aliphatic rings. The van der Waals surface area contributed by atoms with Gasteiger partial charge in [0.15, 0.2) is 11.4 Å². The number of rotatable bonds is 11. The molecule has 2 rings (SSSR count). The molecule has 0 saturated carbocycles. The van der Waals surface area contributed by atoms with Crippen molar-refractivity contribution in [1.29, 1.82) is 0 Å². The summed E-state index contributed by atoms with van der Waals surface area (Å²) in [5.41, 5.74) is -0.542. The molecule has 0 aliphatic carbocycles. The van der Waals surface area contributed by atoms with Gasteiger partial charge in [-0.15, -0.1) is 11.3 Å². The van der Waals surface area contributed by atoms with Crippen molar-refractivity contribution in [2.45, 2.75) is 85.6 Å². The molecule has 1 aromatic heterocycles. The number of nitrogens with zero attached hydrogens (tertiary/aromatic N) is 2. The van der Waals surface area contributed by atoms with Gasteiger partial charge in [-0.3, -0.25) is 14.4 Å². The quantitative estimate of drug-likeness (QED) is 0.369. The van der Waals surface area contributed by atoms with Crippen LogP contribution in [0.15, 0.2) is 11.6 Å². The van der Waals surface area contributed by atoms with Gasteiger partial charge in [-0.05, 0) is 37.5 Å². The number of hydrogen-bond donors (Lipinski definition) is 2.